The van der Waals surface area contributed by atoms with Crippen molar-refractivity contribution in [1.82, 2.24) is 5.32 Å². The summed E-state index contributed by atoms with van der Waals surface area (Å²) in [6.07, 6.45) is 8.83. The Bertz CT molecular complexity index is 402. The Morgan fingerprint density at radius 3 is 2.75 bits per heavy atom. The first-order chi connectivity index (χ1) is 9.81. The van der Waals surface area contributed by atoms with Gasteiger partial charge >= 0.3 is 0 Å². The lowest BCUT2D eigenvalue weighted by Gasteiger charge is -2.24. The van der Waals surface area contributed by atoms with Gasteiger partial charge in [0.2, 0.25) is 0 Å². The molecule has 0 saturated heterocycles. The van der Waals surface area contributed by atoms with Crippen LogP contribution in [0, 0.1) is 0 Å². The minimum atomic E-state index is 0.634. The largest absolute Gasteiger partial charge is 0.493 e. The number of hydrogen-bond acceptors (Lipinski definition) is 2. The van der Waals surface area contributed by atoms with Crippen LogP contribution in [0.1, 0.15) is 56.4 Å². The van der Waals surface area contributed by atoms with E-state index in [2.05, 4.69) is 11.4 Å². The second-order valence-corrected chi connectivity index (χ2v) is 6.11. The van der Waals surface area contributed by atoms with E-state index in [4.69, 9.17) is 16.3 Å². The van der Waals surface area contributed by atoms with Crippen molar-refractivity contribution in [3.05, 3.63) is 28.8 Å². The van der Waals surface area contributed by atoms with Gasteiger partial charge in [-0.05, 0) is 69.0 Å². The van der Waals surface area contributed by atoms with Crippen molar-refractivity contribution in [3.63, 3.8) is 0 Å². The Labute approximate surface area is 127 Å². The summed E-state index contributed by atoms with van der Waals surface area (Å²) in [5.74, 6) is 1.68. The van der Waals surface area contributed by atoms with Crippen LogP contribution in [-0.4, -0.2) is 20.2 Å². The molecule has 2 nitrogen and oxygen atoms in total. The van der Waals surface area contributed by atoms with Gasteiger partial charge in [0.1, 0.15) is 5.75 Å². The molecule has 1 aromatic carbocycles. The van der Waals surface area contributed by atoms with Gasteiger partial charge in [0, 0.05) is 5.02 Å². The molecule has 2 rings (SSSR count). The molecule has 1 fully saturated rings. The highest BCUT2D eigenvalue weighted by Crippen LogP contribution is 2.38. The number of nitrogens with one attached hydrogen (secondary N) is 1. The highest BCUT2D eigenvalue weighted by atomic mass is 35.5. The lowest BCUT2D eigenvalue weighted by atomic mass is 9.84. The van der Waals surface area contributed by atoms with Crippen molar-refractivity contribution in [2.24, 2.45) is 0 Å². The summed E-state index contributed by atoms with van der Waals surface area (Å²) in [5.41, 5.74) is 1.32. The number of rotatable bonds is 7. The number of ether oxygens (including phenoxy) is 1. The lowest BCUT2D eigenvalue weighted by Crippen LogP contribution is -2.10. The number of benzene rings is 1. The normalized spacial score (nSPS) is 16.3. The Hall–Kier alpha value is -0.730. The fourth-order valence-electron chi connectivity index (χ4n) is 2.97. The van der Waals surface area contributed by atoms with Crippen LogP contribution in [-0.2, 0) is 0 Å². The summed E-state index contributed by atoms with van der Waals surface area (Å²) in [5, 5.41) is 3.99. The van der Waals surface area contributed by atoms with E-state index in [9.17, 15) is 0 Å². The van der Waals surface area contributed by atoms with Crippen LogP contribution in [0.25, 0.3) is 0 Å². The van der Waals surface area contributed by atoms with E-state index in [1.807, 2.05) is 19.2 Å². The Balaban J connectivity index is 1.96. The van der Waals surface area contributed by atoms with E-state index in [0.29, 0.717) is 5.92 Å². The van der Waals surface area contributed by atoms with Gasteiger partial charge in [-0.15, -0.1) is 0 Å². The summed E-state index contributed by atoms with van der Waals surface area (Å²) in [6, 6.07) is 6.10. The molecule has 1 aliphatic rings. The van der Waals surface area contributed by atoms with Gasteiger partial charge in [-0.2, -0.15) is 0 Å². The molecule has 0 unspecified atom stereocenters. The third-order valence-corrected chi connectivity index (χ3v) is 4.33. The van der Waals surface area contributed by atoms with Crippen LogP contribution in [0.3, 0.4) is 0 Å². The Morgan fingerprint density at radius 2 is 2.00 bits per heavy atom. The highest BCUT2D eigenvalue weighted by molar-refractivity contribution is 6.30. The SMILES string of the molecule is CNCCCCOc1ccc(Cl)cc1C1CCCCC1. The molecular weight excluding hydrogens is 270 g/mol. The van der Waals surface area contributed by atoms with E-state index < -0.39 is 0 Å². The zero-order chi connectivity index (χ0) is 14.2. The average Bonchev–Trinajstić information content (AvgIpc) is 2.49. The fourth-order valence-corrected chi connectivity index (χ4v) is 3.15. The first-order valence-corrected chi connectivity index (χ1v) is 8.26. The topological polar surface area (TPSA) is 21.3 Å². The number of hydrogen-bond donors (Lipinski definition) is 1. The maximum Gasteiger partial charge on any atom is 0.122 e. The molecular formula is C17H26ClNO. The second-order valence-electron chi connectivity index (χ2n) is 5.68. The third kappa shape index (κ3) is 4.68. The summed E-state index contributed by atoms with van der Waals surface area (Å²) in [7, 11) is 1.99. The van der Waals surface area contributed by atoms with Gasteiger partial charge in [0.05, 0.1) is 6.61 Å². The lowest BCUT2D eigenvalue weighted by molar-refractivity contribution is 0.298. The molecule has 112 valence electrons. The monoisotopic (exact) mass is 295 g/mol. The zero-order valence-electron chi connectivity index (χ0n) is 12.5. The highest BCUT2D eigenvalue weighted by Gasteiger charge is 2.19. The zero-order valence-corrected chi connectivity index (χ0v) is 13.2. The van der Waals surface area contributed by atoms with Gasteiger partial charge in [-0.3, -0.25) is 0 Å². The van der Waals surface area contributed by atoms with E-state index in [1.165, 1.54) is 37.7 Å². The Kier molecular flexibility index (Phi) is 6.68. The summed E-state index contributed by atoms with van der Waals surface area (Å²) < 4.78 is 6.01. The quantitative estimate of drug-likeness (QED) is 0.732. The van der Waals surface area contributed by atoms with E-state index >= 15 is 0 Å². The van der Waals surface area contributed by atoms with Gasteiger partial charge in [-0.1, -0.05) is 30.9 Å². The predicted octanol–water partition coefficient (Wildman–Crippen LogP) is 4.77. The van der Waals surface area contributed by atoms with Crippen LogP contribution in [0.15, 0.2) is 18.2 Å². The molecule has 20 heavy (non-hydrogen) atoms. The van der Waals surface area contributed by atoms with Crippen molar-refractivity contribution >= 4 is 11.6 Å². The molecule has 0 amide bonds. The minimum absolute atomic E-state index is 0.634. The van der Waals surface area contributed by atoms with Crippen molar-refractivity contribution in [1.29, 1.82) is 0 Å². The van der Waals surface area contributed by atoms with E-state index in [0.717, 1.165) is 36.8 Å². The van der Waals surface area contributed by atoms with Crippen molar-refractivity contribution in [2.45, 2.75) is 50.9 Å². The molecule has 1 N–H and O–H groups in total. The van der Waals surface area contributed by atoms with Gasteiger partial charge in [0.25, 0.3) is 0 Å². The van der Waals surface area contributed by atoms with Crippen LogP contribution < -0.4 is 10.1 Å². The predicted molar refractivity (Wildman–Crippen MR) is 85.9 cm³/mol. The molecule has 3 heteroatoms. The van der Waals surface area contributed by atoms with Crippen molar-refractivity contribution < 1.29 is 4.74 Å². The number of halogens is 1. The van der Waals surface area contributed by atoms with Crippen molar-refractivity contribution in [2.75, 3.05) is 20.2 Å². The molecule has 0 aliphatic heterocycles. The Morgan fingerprint density at radius 1 is 1.20 bits per heavy atom. The summed E-state index contributed by atoms with van der Waals surface area (Å²) >= 11 is 6.17. The van der Waals surface area contributed by atoms with Gasteiger partial charge in [-0.25, -0.2) is 0 Å². The number of unbranched alkanes of at least 4 members (excludes halogenated alkanes) is 1. The molecule has 1 saturated carbocycles. The second kappa shape index (κ2) is 8.53. The fraction of sp³-hybridized carbons (Fsp3) is 0.647. The van der Waals surface area contributed by atoms with E-state index in [1.54, 1.807) is 0 Å². The molecule has 0 aromatic heterocycles. The molecule has 0 bridgehead atoms. The summed E-state index contributed by atoms with van der Waals surface area (Å²) in [6.45, 7) is 1.85. The average molecular weight is 296 g/mol. The molecule has 0 heterocycles. The maximum atomic E-state index is 6.17. The maximum absolute atomic E-state index is 6.17. The summed E-state index contributed by atoms with van der Waals surface area (Å²) in [4.78, 5) is 0. The van der Waals surface area contributed by atoms with Crippen LogP contribution in [0.5, 0.6) is 5.75 Å². The standard InChI is InChI=1S/C17H26ClNO/c1-19-11-5-6-12-20-17-10-9-15(18)13-16(17)14-7-3-2-4-8-14/h9-10,13-14,19H,2-8,11-12H2,1H3. The van der Waals surface area contributed by atoms with Crippen molar-refractivity contribution in [3.8, 4) is 5.75 Å². The van der Waals surface area contributed by atoms with Crippen LogP contribution in [0.4, 0.5) is 0 Å². The molecule has 0 atom stereocenters. The van der Waals surface area contributed by atoms with Crippen LogP contribution in [0.2, 0.25) is 5.02 Å². The first-order valence-electron chi connectivity index (χ1n) is 7.88. The first kappa shape index (κ1) is 15.7. The molecule has 1 aliphatic carbocycles. The van der Waals surface area contributed by atoms with Gasteiger partial charge in [0.15, 0.2) is 0 Å². The molecule has 0 spiro atoms. The molecule has 1 aromatic rings. The van der Waals surface area contributed by atoms with E-state index in [-0.39, 0.29) is 0 Å². The minimum Gasteiger partial charge on any atom is -0.493 e. The smallest absolute Gasteiger partial charge is 0.122 e. The van der Waals surface area contributed by atoms with Crippen LogP contribution >= 0.6 is 11.6 Å². The van der Waals surface area contributed by atoms with Gasteiger partial charge < -0.3 is 10.1 Å². The third-order valence-electron chi connectivity index (χ3n) is 4.10. The molecule has 0 radical (unpaired) electrons.